The van der Waals surface area contributed by atoms with Crippen LogP contribution in [-0.4, -0.2) is 22.6 Å². The van der Waals surface area contributed by atoms with Gasteiger partial charge in [-0.05, 0) is 86.7 Å². The molecule has 5 rings (SSSR count). The van der Waals surface area contributed by atoms with Crippen molar-refractivity contribution in [2.24, 2.45) is 5.92 Å². The van der Waals surface area contributed by atoms with Crippen LogP contribution in [0.3, 0.4) is 0 Å². The standard InChI is InChI=1S/C25H28N4OS/c1-16-6-3-7-17(2)24(16)22-14-23-28-25(27-22)29-31-21-11-5-9-19(13-21)26-15-18-8-4-10-20(12-18)30-23/h3,5-7,9,11,13-14,18,20,26H,4,8,10,12,15H2,1-2H3,(H,27,28,29). The number of anilines is 2. The van der Waals surface area contributed by atoms with Crippen molar-refractivity contribution < 1.29 is 4.74 Å². The molecule has 0 saturated heterocycles. The molecule has 1 saturated carbocycles. The maximum atomic E-state index is 6.44. The lowest BCUT2D eigenvalue weighted by molar-refractivity contribution is 0.122. The van der Waals surface area contributed by atoms with Gasteiger partial charge in [-0.15, -0.1) is 0 Å². The molecule has 6 bridgehead atoms. The molecule has 2 atom stereocenters. The van der Waals surface area contributed by atoms with E-state index >= 15 is 0 Å². The first-order valence-corrected chi connectivity index (χ1v) is 11.8. The summed E-state index contributed by atoms with van der Waals surface area (Å²) >= 11 is 1.52. The van der Waals surface area contributed by atoms with E-state index in [0.29, 0.717) is 17.7 Å². The molecule has 1 aliphatic carbocycles. The van der Waals surface area contributed by atoms with Gasteiger partial charge in [0.1, 0.15) is 6.10 Å². The van der Waals surface area contributed by atoms with Crippen molar-refractivity contribution >= 4 is 23.6 Å². The predicted octanol–water partition coefficient (Wildman–Crippen LogP) is 6.24. The van der Waals surface area contributed by atoms with Crippen molar-refractivity contribution in [1.82, 2.24) is 9.97 Å². The number of hydrogen-bond donors (Lipinski definition) is 2. The number of rotatable bonds is 1. The molecule has 0 spiro atoms. The van der Waals surface area contributed by atoms with Gasteiger partial charge in [0.15, 0.2) is 0 Å². The molecule has 2 aliphatic rings. The summed E-state index contributed by atoms with van der Waals surface area (Å²) < 4.78 is 9.77. The van der Waals surface area contributed by atoms with E-state index < -0.39 is 0 Å². The smallest absolute Gasteiger partial charge is 0.237 e. The maximum absolute atomic E-state index is 6.44. The fraction of sp³-hybridized carbons (Fsp3) is 0.360. The molecule has 2 heterocycles. The first-order valence-electron chi connectivity index (χ1n) is 11.0. The Balaban J connectivity index is 1.55. The van der Waals surface area contributed by atoms with Crippen LogP contribution in [0.25, 0.3) is 11.3 Å². The Morgan fingerprint density at radius 3 is 2.71 bits per heavy atom. The third kappa shape index (κ3) is 4.64. The third-order valence-corrected chi connectivity index (χ3v) is 6.93. The molecule has 5 nitrogen and oxygen atoms in total. The number of aryl methyl sites for hydroxylation is 2. The van der Waals surface area contributed by atoms with Crippen molar-refractivity contribution in [1.29, 1.82) is 0 Å². The molecular weight excluding hydrogens is 404 g/mol. The minimum absolute atomic E-state index is 0.191. The number of ether oxygens (including phenoxy) is 1. The highest BCUT2D eigenvalue weighted by Gasteiger charge is 2.24. The zero-order valence-corrected chi connectivity index (χ0v) is 18.8. The van der Waals surface area contributed by atoms with E-state index in [4.69, 9.17) is 14.7 Å². The second-order valence-electron chi connectivity index (χ2n) is 8.57. The Morgan fingerprint density at radius 2 is 1.84 bits per heavy atom. The number of nitrogens with one attached hydrogen (secondary N) is 2. The summed E-state index contributed by atoms with van der Waals surface area (Å²) in [6.07, 6.45) is 4.74. The van der Waals surface area contributed by atoms with E-state index in [-0.39, 0.29) is 6.10 Å². The molecule has 2 unspecified atom stereocenters. The highest BCUT2D eigenvalue weighted by atomic mass is 32.2. The van der Waals surface area contributed by atoms with Crippen molar-refractivity contribution in [3.05, 3.63) is 59.7 Å². The summed E-state index contributed by atoms with van der Waals surface area (Å²) in [6.45, 7) is 5.23. The van der Waals surface area contributed by atoms with Crippen LogP contribution in [0, 0.1) is 19.8 Å². The Labute approximate surface area is 188 Å². The summed E-state index contributed by atoms with van der Waals surface area (Å²) in [6, 6.07) is 16.8. The minimum Gasteiger partial charge on any atom is -0.474 e. The summed E-state index contributed by atoms with van der Waals surface area (Å²) in [5.74, 6) is 1.83. The quantitative estimate of drug-likeness (QED) is 0.444. The van der Waals surface area contributed by atoms with Crippen LogP contribution < -0.4 is 14.8 Å². The minimum atomic E-state index is 0.191. The molecule has 160 valence electrons. The molecule has 2 aromatic carbocycles. The monoisotopic (exact) mass is 432 g/mol. The highest BCUT2D eigenvalue weighted by molar-refractivity contribution is 8.00. The molecule has 2 N–H and O–H groups in total. The SMILES string of the molecule is Cc1cccc(C)c1-c1cc2nc(n1)NSc1cccc(c1)NCC1CCCC(C1)O2. The van der Waals surface area contributed by atoms with E-state index in [0.717, 1.165) is 41.2 Å². The van der Waals surface area contributed by atoms with Gasteiger partial charge in [0.2, 0.25) is 11.8 Å². The fourth-order valence-electron chi connectivity index (χ4n) is 4.62. The van der Waals surface area contributed by atoms with E-state index in [1.54, 1.807) is 0 Å². The lowest BCUT2D eigenvalue weighted by Crippen LogP contribution is -2.29. The predicted molar refractivity (Wildman–Crippen MR) is 128 cm³/mol. The Kier molecular flexibility index (Phi) is 5.72. The first-order chi connectivity index (χ1) is 15.1. The van der Waals surface area contributed by atoms with Gasteiger partial charge in [-0.1, -0.05) is 24.3 Å². The Bertz CT molecular complexity index is 1070. The average molecular weight is 433 g/mol. The highest BCUT2D eigenvalue weighted by Crippen LogP contribution is 2.33. The van der Waals surface area contributed by atoms with Crippen molar-refractivity contribution in [2.45, 2.75) is 50.5 Å². The number of aromatic nitrogens is 2. The lowest BCUT2D eigenvalue weighted by Gasteiger charge is -2.30. The molecule has 0 radical (unpaired) electrons. The molecule has 31 heavy (non-hydrogen) atoms. The van der Waals surface area contributed by atoms with E-state index in [1.165, 1.54) is 35.9 Å². The van der Waals surface area contributed by atoms with Gasteiger partial charge in [0.05, 0.1) is 5.69 Å². The van der Waals surface area contributed by atoms with Gasteiger partial charge in [-0.2, -0.15) is 4.98 Å². The summed E-state index contributed by atoms with van der Waals surface area (Å²) in [5, 5.41) is 3.62. The van der Waals surface area contributed by atoms with Crippen LogP contribution in [0.2, 0.25) is 0 Å². The molecular formula is C25H28N4OS. The number of benzene rings is 2. The fourth-order valence-corrected chi connectivity index (χ4v) is 5.25. The summed E-state index contributed by atoms with van der Waals surface area (Å²) in [7, 11) is 0. The average Bonchev–Trinajstić information content (AvgIpc) is 2.76. The van der Waals surface area contributed by atoms with Crippen LogP contribution in [-0.2, 0) is 0 Å². The van der Waals surface area contributed by atoms with Crippen LogP contribution in [0.1, 0.15) is 36.8 Å². The summed E-state index contributed by atoms with van der Waals surface area (Å²) in [5.41, 5.74) is 5.61. The van der Waals surface area contributed by atoms with Crippen LogP contribution in [0.5, 0.6) is 5.88 Å². The molecule has 0 amide bonds. The van der Waals surface area contributed by atoms with Crippen LogP contribution >= 0.6 is 11.9 Å². The topological polar surface area (TPSA) is 59.1 Å². The molecule has 3 aromatic rings. The number of hydrogen-bond acceptors (Lipinski definition) is 6. The van der Waals surface area contributed by atoms with Gasteiger partial charge in [-0.25, -0.2) is 4.98 Å². The Morgan fingerprint density at radius 1 is 1.00 bits per heavy atom. The van der Waals surface area contributed by atoms with E-state index in [9.17, 15) is 0 Å². The lowest BCUT2D eigenvalue weighted by atomic mass is 9.87. The molecule has 1 fully saturated rings. The van der Waals surface area contributed by atoms with Gasteiger partial charge in [-0.3, -0.25) is 4.72 Å². The van der Waals surface area contributed by atoms with Gasteiger partial charge < -0.3 is 10.1 Å². The zero-order chi connectivity index (χ0) is 21.2. The van der Waals surface area contributed by atoms with E-state index in [2.05, 4.69) is 66.4 Å². The molecule has 1 aromatic heterocycles. The number of nitrogens with zero attached hydrogens (tertiary/aromatic N) is 2. The van der Waals surface area contributed by atoms with Crippen molar-refractivity contribution in [2.75, 3.05) is 16.6 Å². The summed E-state index contributed by atoms with van der Waals surface area (Å²) in [4.78, 5) is 10.7. The second kappa shape index (κ2) is 8.79. The van der Waals surface area contributed by atoms with Gasteiger partial charge in [0.25, 0.3) is 0 Å². The normalized spacial score (nSPS) is 20.6. The second-order valence-corrected chi connectivity index (χ2v) is 9.45. The molecule has 6 heteroatoms. The maximum Gasteiger partial charge on any atom is 0.237 e. The number of fused-ring (bicyclic) bond motifs is 6. The van der Waals surface area contributed by atoms with E-state index in [1.807, 2.05) is 6.07 Å². The van der Waals surface area contributed by atoms with Crippen molar-refractivity contribution in [3.8, 4) is 17.1 Å². The van der Waals surface area contributed by atoms with Gasteiger partial charge in [0, 0.05) is 28.8 Å². The largest absolute Gasteiger partial charge is 0.474 e. The molecule has 1 aliphatic heterocycles. The van der Waals surface area contributed by atoms with Gasteiger partial charge >= 0.3 is 0 Å². The Hall–Kier alpha value is -2.73. The zero-order valence-electron chi connectivity index (χ0n) is 18.0. The van der Waals surface area contributed by atoms with Crippen LogP contribution in [0.15, 0.2) is 53.4 Å². The van der Waals surface area contributed by atoms with Crippen LogP contribution in [0.4, 0.5) is 11.6 Å². The first kappa shape index (κ1) is 20.2. The third-order valence-electron chi connectivity index (χ3n) is 6.15. The van der Waals surface area contributed by atoms with Crippen molar-refractivity contribution in [3.63, 3.8) is 0 Å².